The van der Waals surface area contributed by atoms with E-state index in [2.05, 4.69) is 5.32 Å². The van der Waals surface area contributed by atoms with Crippen LogP contribution in [0.15, 0.2) is 65.4 Å². The molecule has 0 heterocycles. The quantitative estimate of drug-likeness (QED) is 0.850. The van der Waals surface area contributed by atoms with Gasteiger partial charge in [-0.3, -0.25) is 9.59 Å². The van der Waals surface area contributed by atoms with Crippen molar-refractivity contribution in [1.82, 2.24) is 0 Å². The van der Waals surface area contributed by atoms with E-state index in [9.17, 15) is 9.59 Å². The van der Waals surface area contributed by atoms with Crippen LogP contribution in [-0.2, 0) is 9.59 Å². The summed E-state index contributed by atoms with van der Waals surface area (Å²) in [6.45, 7) is 3.39. The topological polar surface area (TPSA) is 46.2 Å². The smallest absolute Gasteiger partial charge is 0.184 e. The number of carbonyl (C=O) groups excluding carboxylic acids is 2. The molecular formula is C17H17NO2. The van der Waals surface area contributed by atoms with Gasteiger partial charge in [-0.15, -0.1) is 0 Å². The van der Waals surface area contributed by atoms with Crippen LogP contribution in [0.4, 0.5) is 5.69 Å². The largest absolute Gasteiger partial charge is 0.362 e. The second-order valence-corrected chi connectivity index (χ2v) is 4.74. The van der Waals surface area contributed by atoms with Crippen LogP contribution >= 0.6 is 0 Å². The third-order valence-electron chi connectivity index (χ3n) is 3.26. The molecule has 0 saturated heterocycles. The number of rotatable bonds is 4. The molecule has 0 spiro atoms. The molecule has 3 nitrogen and oxygen atoms in total. The lowest BCUT2D eigenvalue weighted by molar-refractivity contribution is -0.115. The Kier molecular flexibility index (Phi) is 4.31. The average Bonchev–Trinajstić information content (AvgIpc) is 2.45. The number of benzene rings is 1. The molecule has 0 radical (unpaired) electrons. The predicted octanol–water partition coefficient (Wildman–Crippen LogP) is 3.42. The van der Waals surface area contributed by atoms with Crippen molar-refractivity contribution in [3.8, 4) is 0 Å². The molecular weight excluding hydrogens is 250 g/mol. The molecule has 2 rings (SSSR count). The molecule has 0 atom stereocenters. The molecule has 1 aliphatic carbocycles. The van der Waals surface area contributed by atoms with E-state index in [1.165, 1.54) is 6.08 Å². The molecule has 0 fully saturated rings. The molecule has 0 saturated carbocycles. The first-order valence-corrected chi connectivity index (χ1v) is 6.53. The monoisotopic (exact) mass is 267 g/mol. The maximum Gasteiger partial charge on any atom is 0.184 e. The molecule has 0 aromatic heterocycles. The van der Waals surface area contributed by atoms with Crippen LogP contribution in [0.3, 0.4) is 0 Å². The summed E-state index contributed by atoms with van der Waals surface area (Å²) in [6, 6.07) is 9.75. The highest BCUT2D eigenvalue weighted by Crippen LogP contribution is 2.21. The van der Waals surface area contributed by atoms with E-state index in [1.807, 2.05) is 36.4 Å². The van der Waals surface area contributed by atoms with Gasteiger partial charge in [0.15, 0.2) is 11.6 Å². The minimum atomic E-state index is -0.0658. The molecule has 20 heavy (non-hydrogen) atoms. The Morgan fingerprint density at radius 3 is 2.50 bits per heavy atom. The highest BCUT2D eigenvalue weighted by atomic mass is 16.1. The third kappa shape index (κ3) is 3.12. The zero-order valence-corrected chi connectivity index (χ0v) is 11.6. The van der Waals surface area contributed by atoms with Gasteiger partial charge < -0.3 is 5.32 Å². The zero-order chi connectivity index (χ0) is 14.5. The summed E-state index contributed by atoms with van der Waals surface area (Å²) < 4.78 is 0. The Morgan fingerprint density at radius 1 is 1.10 bits per heavy atom. The summed E-state index contributed by atoms with van der Waals surface area (Å²) in [5.41, 5.74) is 2.63. The molecule has 1 aromatic carbocycles. The maximum atomic E-state index is 11.9. The number of hydrogen-bond acceptors (Lipinski definition) is 3. The summed E-state index contributed by atoms with van der Waals surface area (Å²) in [5, 5.41) is 3.12. The summed E-state index contributed by atoms with van der Waals surface area (Å²) >= 11 is 0. The van der Waals surface area contributed by atoms with E-state index in [0.29, 0.717) is 23.1 Å². The van der Waals surface area contributed by atoms with Gasteiger partial charge in [0, 0.05) is 22.4 Å². The normalized spacial score (nSPS) is 15.8. The number of hydrogen-bond donors (Lipinski definition) is 1. The van der Waals surface area contributed by atoms with Gasteiger partial charge in [0.2, 0.25) is 0 Å². The number of anilines is 1. The fraction of sp³-hybridized carbons (Fsp3) is 0.176. The van der Waals surface area contributed by atoms with Crippen LogP contribution in [0.25, 0.3) is 0 Å². The van der Waals surface area contributed by atoms with Gasteiger partial charge in [-0.25, -0.2) is 0 Å². The summed E-state index contributed by atoms with van der Waals surface area (Å²) in [7, 11) is 0. The van der Waals surface area contributed by atoms with Crippen molar-refractivity contribution in [2.24, 2.45) is 0 Å². The number of carbonyl (C=O) groups is 2. The zero-order valence-electron chi connectivity index (χ0n) is 11.6. The highest BCUT2D eigenvalue weighted by molar-refractivity contribution is 6.22. The van der Waals surface area contributed by atoms with E-state index in [0.717, 1.165) is 5.69 Å². The fourth-order valence-corrected chi connectivity index (χ4v) is 2.09. The molecule has 0 amide bonds. The van der Waals surface area contributed by atoms with E-state index < -0.39 is 0 Å². The molecule has 1 N–H and O–H groups in total. The third-order valence-corrected chi connectivity index (χ3v) is 3.26. The second kappa shape index (κ2) is 6.15. The standard InChI is InChI=1S/C17H17NO2/c1-12-11-16(19)15(13(2)17(12)20)9-6-10-18-14-7-4-3-5-8-14/h3-8,10-11,18H,9H2,1-2H3/b10-6-. The van der Waals surface area contributed by atoms with Crippen LogP contribution in [0.2, 0.25) is 0 Å². The van der Waals surface area contributed by atoms with E-state index in [1.54, 1.807) is 20.0 Å². The summed E-state index contributed by atoms with van der Waals surface area (Å²) in [6.07, 6.45) is 5.52. The molecule has 1 aliphatic rings. The molecule has 1 aromatic rings. The molecule has 3 heteroatoms. The van der Waals surface area contributed by atoms with Crippen molar-refractivity contribution in [2.75, 3.05) is 5.32 Å². The summed E-state index contributed by atoms with van der Waals surface area (Å²) in [4.78, 5) is 23.7. The van der Waals surface area contributed by atoms with Crippen molar-refractivity contribution in [2.45, 2.75) is 20.3 Å². The van der Waals surface area contributed by atoms with Crippen molar-refractivity contribution >= 4 is 17.3 Å². The number of ketones is 2. The predicted molar refractivity (Wildman–Crippen MR) is 80.3 cm³/mol. The van der Waals surface area contributed by atoms with Gasteiger partial charge >= 0.3 is 0 Å². The van der Waals surface area contributed by atoms with Crippen molar-refractivity contribution in [3.05, 3.63) is 65.4 Å². The average molecular weight is 267 g/mol. The minimum Gasteiger partial charge on any atom is -0.362 e. The van der Waals surface area contributed by atoms with Crippen LogP contribution < -0.4 is 5.32 Å². The van der Waals surface area contributed by atoms with E-state index in [-0.39, 0.29) is 11.6 Å². The van der Waals surface area contributed by atoms with Crippen molar-refractivity contribution < 1.29 is 9.59 Å². The van der Waals surface area contributed by atoms with Gasteiger partial charge in [0.25, 0.3) is 0 Å². The lowest BCUT2D eigenvalue weighted by atomic mass is 9.89. The first kappa shape index (κ1) is 14.0. The first-order chi connectivity index (χ1) is 9.59. The molecule has 0 bridgehead atoms. The van der Waals surface area contributed by atoms with Crippen LogP contribution in [0.1, 0.15) is 20.3 Å². The number of para-hydroxylation sites is 1. The lowest BCUT2D eigenvalue weighted by Gasteiger charge is -2.13. The van der Waals surface area contributed by atoms with Crippen LogP contribution in [0.5, 0.6) is 0 Å². The highest BCUT2D eigenvalue weighted by Gasteiger charge is 2.21. The molecule has 0 aliphatic heterocycles. The van der Waals surface area contributed by atoms with Crippen molar-refractivity contribution in [1.29, 1.82) is 0 Å². The Hall–Kier alpha value is -2.42. The minimum absolute atomic E-state index is 0.0379. The molecule has 0 unspecified atom stereocenters. The lowest BCUT2D eigenvalue weighted by Crippen LogP contribution is -2.16. The van der Waals surface area contributed by atoms with E-state index >= 15 is 0 Å². The van der Waals surface area contributed by atoms with E-state index in [4.69, 9.17) is 0 Å². The van der Waals surface area contributed by atoms with Gasteiger partial charge in [0.1, 0.15) is 0 Å². The number of nitrogens with one attached hydrogen (secondary N) is 1. The Morgan fingerprint density at radius 2 is 1.80 bits per heavy atom. The van der Waals surface area contributed by atoms with Crippen LogP contribution in [-0.4, -0.2) is 11.6 Å². The molecule has 102 valence electrons. The Labute approximate surface area is 118 Å². The Balaban J connectivity index is 2.00. The fourth-order valence-electron chi connectivity index (χ4n) is 2.09. The van der Waals surface area contributed by atoms with Crippen LogP contribution in [0, 0.1) is 0 Å². The Bertz CT molecular complexity index is 622. The summed E-state index contributed by atoms with van der Waals surface area (Å²) in [5.74, 6) is -0.104. The number of Topliss-reactive ketones (excluding diaryl/α,β-unsaturated/α-hetero) is 1. The van der Waals surface area contributed by atoms with Crippen molar-refractivity contribution in [3.63, 3.8) is 0 Å². The van der Waals surface area contributed by atoms with Gasteiger partial charge in [-0.05, 0) is 44.7 Å². The SMILES string of the molecule is CC1=CC(=O)C(C/C=C\Nc2ccccc2)=C(C)C1=O. The van der Waals surface area contributed by atoms with Gasteiger partial charge in [0.05, 0.1) is 0 Å². The maximum absolute atomic E-state index is 11.9. The number of allylic oxidation sites excluding steroid dienone is 5. The first-order valence-electron chi connectivity index (χ1n) is 6.53. The van der Waals surface area contributed by atoms with Gasteiger partial charge in [-0.1, -0.05) is 24.3 Å². The van der Waals surface area contributed by atoms with Gasteiger partial charge in [-0.2, -0.15) is 0 Å². The second-order valence-electron chi connectivity index (χ2n) is 4.74.